The van der Waals surface area contributed by atoms with Crippen molar-refractivity contribution in [1.29, 1.82) is 0 Å². The number of anilines is 1. The van der Waals surface area contributed by atoms with E-state index < -0.39 is 0 Å². The van der Waals surface area contributed by atoms with E-state index in [1.807, 2.05) is 38.1 Å². The Labute approximate surface area is 125 Å². The molecule has 0 unspecified atom stereocenters. The first-order valence-electron chi connectivity index (χ1n) is 6.18. The topological polar surface area (TPSA) is 24.9 Å². The van der Waals surface area contributed by atoms with Gasteiger partial charge in [0.25, 0.3) is 0 Å². The third kappa shape index (κ3) is 2.64. The molecule has 3 aromatic rings. The van der Waals surface area contributed by atoms with Crippen molar-refractivity contribution in [3.63, 3.8) is 0 Å². The summed E-state index contributed by atoms with van der Waals surface area (Å²) in [7, 11) is 0. The maximum Gasteiger partial charge on any atom is 0.136 e. The number of hydrogen-bond acceptors (Lipinski definition) is 4. The van der Waals surface area contributed by atoms with Crippen LogP contribution in [0.2, 0.25) is 0 Å². The smallest absolute Gasteiger partial charge is 0.136 e. The molecule has 0 aliphatic heterocycles. The van der Waals surface area contributed by atoms with Crippen molar-refractivity contribution in [2.24, 2.45) is 0 Å². The molecule has 1 N–H and O–H groups in total. The van der Waals surface area contributed by atoms with E-state index in [4.69, 9.17) is 0 Å². The van der Waals surface area contributed by atoms with Gasteiger partial charge in [-0.3, -0.25) is 0 Å². The fourth-order valence-electron chi connectivity index (χ4n) is 1.97. The van der Waals surface area contributed by atoms with E-state index >= 15 is 0 Å². The zero-order chi connectivity index (χ0) is 14.1. The van der Waals surface area contributed by atoms with Crippen molar-refractivity contribution in [1.82, 2.24) is 4.98 Å². The Morgan fingerprint density at radius 1 is 1.20 bits per heavy atom. The Kier molecular flexibility index (Phi) is 3.63. The first-order valence-corrected chi connectivity index (χ1v) is 7.82. The van der Waals surface area contributed by atoms with Crippen molar-refractivity contribution in [2.45, 2.75) is 18.1 Å². The second-order valence-corrected chi connectivity index (χ2v) is 6.65. The van der Waals surface area contributed by atoms with Crippen LogP contribution in [0, 0.1) is 19.7 Å². The first-order chi connectivity index (χ1) is 9.63. The molecule has 3 rings (SSSR count). The summed E-state index contributed by atoms with van der Waals surface area (Å²) in [4.78, 5) is 4.40. The second-order valence-electron chi connectivity index (χ2n) is 4.52. The van der Waals surface area contributed by atoms with E-state index in [1.165, 1.54) is 18.0 Å². The van der Waals surface area contributed by atoms with Crippen molar-refractivity contribution in [3.8, 4) is 0 Å². The summed E-state index contributed by atoms with van der Waals surface area (Å²) in [5, 5.41) is 0.983. The van der Waals surface area contributed by atoms with Gasteiger partial charge in [-0.05, 0) is 67.1 Å². The molecule has 1 aromatic carbocycles. The van der Waals surface area contributed by atoms with Crippen LogP contribution in [0.5, 0.6) is 0 Å². The highest BCUT2D eigenvalue weighted by atomic mass is 32.2. The third-order valence-corrected chi connectivity index (χ3v) is 5.36. The average Bonchev–Trinajstić information content (AvgIpc) is 2.73. The maximum absolute atomic E-state index is 13.3. The van der Waals surface area contributed by atoms with Crippen molar-refractivity contribution < 1.29 is 4.39 Å². The van der Waals surface area contributed by atoms with Gasteiger partial charge in [-0.1, -0.05) is 6.07 Å². The lowest BCUT2D eigenvalue weighted by Crippen LogP contribution is -1.91. The average molecular weight is 304 g/mol. The molecule has 0 radical (unpaired) electrons. The van der Waals surface area contributed by atoms with Crippen molar-refractivity contribution >= 4 is 39.2 Å². The molecule has 102 valence electrons. The molecule has 0 amide bonds. The number of benzene rings is 1. The zero-order valence-corrected chi connectivity index (χ0v) is 12.7. The van der Waals surface area contributed by atoms with Gasteiger partial charge in [0.1, 0.15) is 11.6 Å². The normalized spacial score (nSPS) is 10.9. The molecule has 0 fully saturated rings. The minimum absolute atomic E-state index is 0.191. The van der Waals surface area contributed by atoms with Gasteiger partial charge in [-0.2, -0.15) is 0 Å². The minimum atomic E-state index is -0.191. The highest BCUT2D eigenvalue weighted by Crippen LogP contribution is 2.37. The number of nitrogens with zero attached hydrogens (tertiary/aromatic N) is 1. The predicted octanol–water partition coefficient (Wildman–Crippen LogP) is 5.17. The van der Waals surface area contributed by atoms with Crippen LogP contribution < -0.4 is 4.72 Å². The minimum Gasteiger partial charge on any atom is -0.310 e. The molecule has 2 nitrogen and oxygen atoms in total. The van der Waals surface area contributed by atoms with Crippen LogP contribution >= 0.6 is 23.3 Å². The summed E-state index contributed by atoms with van der Waals surface area (Å²) < 4.78 is 18.8. The number of pyridine rings is 1. The van der Waals surface area contributed by atoms with Crippen LogP contribution in [0.25, 0.3) is 10.1 Å². The number of aryl methyl sites for hydroxylation is 2. The SMILES string of the molecule is Cc1cccc(NSc2sc3ccc(F)cc3c2C)n1. The Morgan fingerprint density at radius 3 is 2.85 bits per heavy atom. The second kappa shape index (κ2) is 5.42. The molecule has 0 spiro atoms. The Hall–Kier alpha value is -1.59. The van der Waals surface area contributed by atoms with Crippen LogP contribution in [0.15, 0.2) is 40.6 Å². The number of rotatable bonds is 3. The van der Waals surface area contributed by atoms with Crippen molar-refractivity contribution in [3.05, 3.63) is 53.5 Å². The Morgan fingerprint density at radius 2 is 2.05 bits per heavy atom. The van der Waals surface area contributed by atoms with E-state index in [9.17, 15) is 4.39 Å². The molecule has 0 bridgehead atoms. The van der Waals surface area contributed by atoms with E-state index in [0.717, 1.165) is 31.4 Å². The largest absolute Gasteiger partial charge is 0.310 e. The standard InChI is InChI=1S/C15H13FN2S2/c1-9-4-3-5-14(17-9)18-20-15-10(2)12-8-11(16)6-7-13(12)19-15/h3-8H,1-2H3,(H,17,18). The molecule has 2 aromatic heterocycles. The summed E-state index contributed by atoms with van der Waals surface area (Å²) in [6.45, 7) is 3.98. The zero-order valence-electron chi connectivity index (χ0n) is 11.1. The predicted molar refractivity (Wildman–Crippen MR) is 85.0 cm³/mol. The fourth-order valence-corrected chi connectivity index (χ4v) is 4.02. The van der Waals surface area contributed by atoms with Gasteiger partial charge in [0.15, 0.2) is 0 Å². The van der Waals surface area contributed by atoms with Gasteiger partial charge >= 0.3 is 0 Å². The van der Waals surface area contributed by atoms with E-state index in [2.05, 4.69) is 9.71 Å². The summed E-state index contributed by atoms with van der Waals surface area (Å²) in [5.74, 6) is 0.640. The molecule has 20 heavy (non-hydrogen) atoms. The highest BCUT2D eigenvalue weighted by molar-refractivity contribution is 8.02. The van der Waals surface area contributed by atoms with Gasteiger partial charge < -0.3 is 4.72 Å². The lowest BCUT2D eigenvalue weighted by atomic mass is 10.2. The quantitative estimate of drug-likeness (QED) is 0.676. The Bertz CT molecular complexity index is 768. The summed E-state index contributed by atoms with van der Waals surface area (Å²) in [6, 6.07) is 10.8. The number of nitrogens with one attached hydrogen (secondary N) is 1. The fraction of sp³-hybridized carbons (Fsp3) is 0.133. The van der Waals surface area contributed by atoms with Crippen LogP contribution in [0.3, 0.4) is 0 Å². The number of halogens is 1. The summed E-state index contributed by atoms with van der Waals surface area (Å²) in [5.41, 5.74) is 2.08. The van der Waals surface area contributed by atoms with Crippen LogP contribution in [0.1, 0.15) is 11.3 Å². The van der Waals surface area contributed by atoms with E-state index in [-0.39, 0.29) is 5.82 Å². The lowest BCUT2D eigenvalue weighted by molar-refractivity contribution is 0.630. The molecule has 5 heteroatoms. The van der Waals surface area contributed by atoms with Gasteiger partial charge in [0.05, 0.1) is 4.21 Å². The molecular weight excluding hydrogens is 291 g/mol. The number of thiophene rings is 1. The van der Waals surface area contributed by atoms with Crippen molar-refractivity contribution in [2.75, 3.05) is 4.72 Å². The number of hydrogen-bond donors (Lipinski definition) is 1. The third-order valence-electron chi connectivity index (χ3n) is 2.99. The lowest BCUT2D eigenvalue weighted by Gasteiger charge is -2.04. The van der Waals surface area contributed by atoms with Gasteiger partial charge in [-0.15, -0.1) is 11.3 Å². The van der Waals surface area contributed by atoms with E-state index in [0.29, 0.717) is 0 Å². The molecule has 0 saturated heterocycles. The monoisotopic (exact) mass is 304 g/mol. The summed E-state index contributed by atoms with van der Waals surface area (Å²) in [6.07, 6.45) is 0. The molecule has 0 atom stereocenters. The Balaban J connectivity index is 1.86. The summed E-state index contributed by atoms with van der Waals surface area (Å²) >= 11 is 3.19. The molecule has 0 saturated carbocycles. The molecule has 0 aliphatic rings. The van der Waals surface area contributed by atoms with E-state index in [1.54, 1.807) is 17.4 Å². The maximum atomic E-state index is 13.3. The molecule has 0 aliphatic carbocycles. The molecule has 2 heterocycles. The van der Waals surface area contributed by atoms with Crippen LogP contribution in [-0.4, -0.2) is 4.98 Å². The highest BCUT2D eigenvalue weighted by Gasteiger charge is 2.10. The van der Waals surface area contributed by atoms with Gasteiger partial charge in [-0.25, -0.2) is 9.37 Å². The van der Waals surface area contributed by atoms with Crippen LogP contribution in [-0.2, 0) is 0 Å². The first kappa shape index (κ1) is 13.4. The van der Waals surface area contributed by atoms with Crippen LogP contribution in [0.4, 0.5) is 10.2 Å². The molecular formula is C15H13FN2S2. The van der Waals surface area contributed by atoms with Gasteiger partial charge in [0, 0.05) is 10.4 Å². The number of aromatic nitrogens is 1. The van der Waals surface area contributed by atoms with Gasteiger partial charge in [0.2, 0.25) is 0 Å². The number of fused-ring (bicyclic) bond motifs is 1.